The summed E-state index contributed by atoms with van der Waals surface area (Å²) < 4.78 is 0. The molecule has 3 aliphatic rings. The Hall–Kier alpha value is -0.830. The van der Waals surface area contributed by atoms with Crippen LogP contribution in [0, 0.1) is 0 Å². The minimum atomic E-state index is -0.823. The lowest BCUT2D eigenvalue weighted by Gasteiger charge is -2.40. The Balaban J connectivity index is 1.52. The van der Waals surface area contributed by atoms with Crippen molar-refractivity contribution in [1.82, 2.24) is 15.1 Å². The van der Waals surface area contributed by atoms with E-state index in [4.69, 9.17) is 10.8 Å². The molecular weight excluding hydrogens is 328 g/mol. The zero-order valence-corrected chi connectivity index (χ0v) is 14.9. The molecular formula is C16H28N4O3S. The number of aliphatic hydroxyl groups excluding tert-OH is 1. The second-order valence-corrected chi connectivity index (χ2v) is 8.41. The van der Waals surface area contributed by atoms with Gasteiger partial charge >= 0.3 is 0 Å². The fourth-order valence-electron chi connectivity index (χ4n) is 3.80. The lowest BCUT2D eigenvalue weighted by Crippen LogP contribution is -2.57. The zero-order valence-electron chi connectivity index (χ0n) is 14.1. The average molecular weight is 356 g/mol. The van der Waals surface area contributed by atoms with Crippen molar-refractivity contribution in [2.75, 3.05) is 38.5 Å². The fourth-order valence-corrected chi connectivity index (χ4v) is 5.21. The van der Waals surface area contributed by atoms with Crippen LogP contribution in [0.3, 0.4) is 0 Å². The van der Waals surface area contributed by atoms with E-state index in [0.717, 1.165) is 44.5 Å². The molecule has 0 saturated carbocycles. The number of likely N-dealkylation sites (tertiary alicyclic amines) is 2. The van der Waals surface area contributed by atoms with E-state index < -0.39 is 6.04 Å². The summed E-state index contributed by atoms with van der Waals surface area (Å²) in [4.78, 5) is 28.4. The van der Waals surface area contributed by atoms with Crippen molar-refractivity contribution in [2.45, 2.75) is 49.1 Å². The number of piperidine rings is 2. The molecule has 0 aromatic rings. The van der Waals surface area contributed by atoms with Crippen molar-refractivity contribution in [3.8, 4) is 0 Å². The van der Waals surface area contributed by atoms with Crippen molar-refractivity contribution in [3.05, 3.63) is 0 Å². The molecule has 8 heteroatoms. The molecule has 0 radical (unpaired) electrons. The van der Waals surface area contributed by atoms with Crippen LogP contribution in [0.2, 0.25) is 0 Å². The molecule has 0 aromatic carbocycles. The normalized spacial score (nSPS) is 28.2. The number of rotatable bonds is 3. The number of nitrogens with zero attached hydrogens (tertiary/aromatic N) is 2. The van der Waals surface area contributed by atoms with Crippen LogP contribution in [0.5, 0.6) is 0 Å². The fraction of sp³-hybridized carbons (Fsp3) is 0.875. The molecule has 136 valence electrons. The summed E-state index contributed by atoms with van der Waals surface area (Å²) in [7, 11) is 0. The van der Waals surface area contributed by atoms with Gasteiger partial charge in [0.05, 0.1) is 17.5 Å². The van der Waals surface area contributed by atoms with Gasteiger partial charge in [0.15, 0.2) is 0 Å². The molecule has 2 amide bonds. The molecule has 0 aromatic heterocycles. The second kappa shape index (κ2) is 7.59. The predicted octanol–water partition coefficient (Wildman–Crippen LogP) is -0.658. The van der Waals surface area contributed by atoms with Gasteiger partial charge in [0.25, 0.3) is 0 Å². The maximum absolute atomic E-state index is 12.7. The Morgan fingerprint density at radius 3 is 2.46 bits per heavy atom. The molecule has 1 spiro atoms. The van der Waals surface area contributed by atoms with Gasteiger partial charge in [-0.05, 0) is 32.1 Å². The SMILES string of the molecule is N[C@@H](CO)C(=O)N1CCC2(CC1)N[C@H](C(=O)N1CCCCC1)CS2. The van der Waals surface area contributed by atoms with Crippen molar-refractivity contribution >= 4 is 23.6 Å². The maximum atomic E-state index is 12.7. The first-order chi connectivity index (χ1) is 11.5. The highest BCUT2D eigenvalue weighted by Crippen LogP contribution is 2.39. The molecule has 3 rings (SSSR count). The summed E-state index contributed by atoms with van der Waals surface area (Å²) in [6.07, 6.45) is 5.06. The van der Waals surface area contributed by atoms with E-state index in [1.807, 2.05) is 16.7 Å². The van der Waals surface area contributed by atoms with Gasteiger partial charge in [-0.2, -0.15) is 0 Å². The lowest BCUT2D eigenvalue weighted by molar-refractivity contribution is -0.136. The highest BCUT2D eigenvalue weighted by Gasteiger charge is 2.45. The predicted molar refractivity (Wildman–Crippen MR) is 93.4 cm³/mol. The Morgan fingerprint density at radius 1 is 1.17 bits per heavy atom. The maximum Gasteiger partial charge on any atom is 0.241 e. The van der Waals surface area contributed by atoms with E-state index in [2.05, 4.69) is 5.32 Å². The van der Waals surface area contributed by atoms with Crippen LogP contribution in [0.15, 0.2) is 0 Å². The third kappa shape index (κ3) is 3.71. The molecule has 0 bridgehead atoms. The molecule has 3 heterocycles. The van der Waals surface area contributed by atoms with Gasteiger partial charge in [0.1, 0.15) is 6.04 Å². The molecule has 4 N–H and O–H groups in total. The number of carbonyl (C=O) groups excluding carboxylic acids is 2. The Kier molecular flexibility index (Phi) is 5.69. The number of hydrogen-bond acceptors (Lipinski definition) is 6. The van der Waals surface area contributed by atoms with E-state index in [1.54, 1.807) is 4.90 Å². The smallest absolute Gasteiger partial charge is 0.241 e. The number of nitrogens with two attached hydrogens (primary N) is 1. The summed E-state index contributed by atoms with van der Waals surface area (Å²) in [6, 6.07) is -0.924. The van der Waals surface area contributed by atoms with Gasteiger partial charge in [-0.15, -0.1) is 11.8 Å². The summed E-state index contributed by atoms with van der Waals surface area (Å²) >= 11 is 1.82. The van der Waals surface area contributed by atoms with Gasteiger partial charge in [0.2, 0.25) is 11.8 Å². The lowest BCUT2D eigenvalue weighted by atomic mass is 10.0. The van der Waals surface area contributed by atoms with Crippen molar-refractivity contribution in [3.63, 3.8) is 0 Å². The first-order valence-corrected chi connectivity index (χ1v) is 9.89. The van der Waals surface area contributed by atoms with Crippen LogP contribution in [0.1, 0.15) is 32.1 Å². The topological polar surface area (TPSA) is 98.9 Å². The number of thioether (sulfide) groups is 1. The standard InChI is InChI=1S/C16H28N4O3S/c17-12(10-21)14(22)20-8-4-16(5-9-20)18-13(11-24-16)15(23)19-6-2-1-3-7-19/h12-13,18,21H,1-11,17H2/t12-,13-/m0/s1. The van der Waals surface area contributed by atoms with E-state index in [0.29, 0.717) is 13.1 Å². The third-order valence-electron chi connectivity index (χ3n) is 5.33. The highest BCUT2D eigenvalue weighted by molar-refractivity contribution is 8.01. The number of aliphatic hydroxyl groups is 1. The van der Waals surface area contributed by atoms with E-state index in [-0.39, 0.29) is 29.3 Å². The average Bonchev–Trinajstić information content (AvgIpc) is 3.05. The van der Waals surface area contributed by atoms with Crippen LogP contribution in [0.4, 0.5) is 0 Å². The Morgan fingerprint density at radius 2 is 1.83 bits per heavy atom. The quantitative estimate of drug-likeness (QED) is 0.621. The Bertz CT molecular complexity index is 476. The van der Waals surface area contributed by atoms with Crippen molar-refractivity contribution in [1.29, 1.82) is 0 Å². The van der Waals surface area contributed by atoms with Gasteiger partial charge < -0.3 is 20.6 Å². The molecule has 7 nitrogen and oxygen atoms in total. The molecule has 3 saturated heterocycles. The number of hydrogen-bond donors (Lipinski definition) is 3. The molecule has 3 aliphatic heterocycles. The largest absolute Gasteiger partial charge is 0.394 e. The summed E-state index contributed by atoms with van der Waals surface area (Å²) in [5, 5.41) is 12.6. The van der Waals surface area contributed by atoms with Gasteiger partial charge in [0, 0.05) is 31.9 Å². The minimum Gasteiger partial charge on any atom is -0.394 e. The minimum absolute atomic E-state index is 0.101. The third-order valence-corrected chi connectivity index (χ3v) is 6.90. The van der Waals surface area contributed by atoms with Gasteiger partial charge in [-0.1, -0.05) is 0 Å². The summed E-state index contributed by atoms with van der Waals surface area (Å²) in [5.74, 6) is 0.857. The monoisotopic (exact) mass is 356 g/mol. The summed E-state index contributed by atoms with van der Waals surface area (Å²) in [5.41, 5.74) is 5.62. The van der Waals surface area contributed by atoms with Gasteiger partial charge in [-0.25, -0.2) is 0 Å². The molecule has 3 fully saturated rings. The number of carbonyl (C=O) groups is 2. The number of nitrogens with one attached hydrogen (secondary N) is 1. The summed E-state index contributed by atoms with van der Waals surface area (Å²) in [6.45, 7) is 2.69. The van der Waals surface area contributed by atoms with Crippen LogP contribution >= 0.6 is 11.8 Å². The van der Waals surface area contributed by atoms with Crippen LogP contribution in [-0.2, 0) is 9.59 Å². The second-order valence-electron chi connectivity index (χ2n) is 7.00. The van der Waals surface area contributed by atoms with Crippen LogP contribution in [-0.4, -0.2) is 82.2 Å². The van der Waals surface area contributed by atoms with Crippen LogP contribution in [0.25, 0.3) is 0 Å². The highest BCUT2D eigenvalue weighted by atomic mass is 32.2. The molecule has 0 aliphatic carbocycles. The molecule has 2 atom stereocenters. The van der Waals surface area contributed by atoms with E-state index >= 15 is 0 Å². The molecule has 0 unspecified atom stereocenters. The first-order valence-electron chi connectivity index (χ1n) is 8.90. The van der Waals surface area contributed by atoms with Crippen molar-refractivity contribution in [2.24, 2.45) is 5.73 Å². The number of amides is 2. The Labute approximate surface area is 147 Å². The van der Waals surface area contributed by atoms with Crippen molar-refractivity contribution < 1.29 is 14.7 Å². The first kappa shape index (κ1) is 18.0. The van der Waals surface area contributed by atoms with E-state index in [9.17, 15) is 9.59 Å². The van der Waals surface area contributed by atoms with Gasteiger partial charge in [-0.3, -0.25) is 14.9 Å². The van der Waals surface area contributed by atoms with Crippen LogP contribution < -0.4 is 11.1 Å². The molecule has 24 heavy (non-hydrogen) atoms. The van der Waals surface area contributed by atoms with E-state index in [1.165, 1.54) is 6.42 Å². The zero-order chi connectivity index (χ0) is 17.2.